The van der Waals surface area contributed by atoms with Gasteiger partial charge in [-0.2, -0.15) is 0 Å². The van der Waals surface area contributed by atoms with E-state index >= 15 is 0 Å². The number of aryl methyl sites for hydroxylation is 1. The van der Waals surface area contributed by atoms with Gasteiger partial charge in [0, 0.05) is 17.7 Å². The van der Waals surface area contributed by atoms with Crippen LogP contribution in [0.15, 0.2) is 18.2 Å². The van der Waals surface area contributed by atoms with Crippen molar-refractivity contribution in [1.29, 1.82) is 0 Å². The average Bonchev–Trinajstić information content (AvgIpc) is 2.39. The van der Waals surface area contributed by atoms with Crippen molar-refractivity contribution in [2.75, 3.05) is 5.43 Å². The Morgan fingerprint density at radius 2 is 2.05 bits per heavy atom. The molecule has 0 saturated carbocycles. The third kappa shape index (κ3) is 2.83. The van der Waals surface area contributed by atoms with Crippen LogP contribution < -0.4 is 11.3 Å². The van der Waals surface area contributed by atoms with Crippen LogP contribution in [0.25, 0.3) is 0 Å². The quantitative estimate of drug-likeness (QED) is 0.670. The number of anilines is 1. The van der Waals surface area contributed by atoms with E-state index in [4.69, 9.17) is 17.4 Å². The highest BCUT2D eigenvalue weighted by Crippen LogP contribution is 2.21. The smallest absolute Gasteiger partial charge is 0.146 e. The van der Waals surface area contributed by atoms with Crippen LogP contribution in [-0.2, 0) is 6.42 Å². The average molecular weight is 281 g/mol. The second kappa shape index (κ2) is 5.50. The topological polar surface area (TPSA) is 63.8 Å². The maximum absolute atomic E-state index is 13.8. The summed E-state index contributed by atoms with van der Waals surface area (Å²) in [7, 11) is 0. The predicted molar refractivity (Wildman–Crippen MR) is 73.5 cm³/mol. The standard InChI is InChI=1S/C13H14ClFN4/c1-7-8(2)17-11(18-13(7)19-16)6-9-4-3-5-10(14)12(9)15/h3-5H,6,16H2,1-2H3,(H,17,18,19). The Labute approximate surface area is 115 Å². The molecule has 1 aromatic carbocycles. The molecule has 100 valence electrons. The van der Waals surface area contributed by atoms with E-state index in [-0.39, 0.29) is 11.4 Å². The highest BCUT2D eigenvalue weighted by molar-refractivity contribution is 6.30. The molecule has 0 spiro atoms. The molecule has 0 fully saturated rings. The lowest BCUT2D eigenvalue weighted by atomic mass is 10.1. The SMILES string of the molecule is Cc1nc(Cc2cccc(Cl)c2F)nc(NN)c1C. The van der Waals surface area contributed by atoms with Crippen molar-refractivity contribution >= 4 is 17.4 Å². The van der Waals surface area contributed by atoms with Crippen LogP contribution in [0.2, 0.25) is 5.02 Å². The third-order valence-electron chi connectivity index (χ3n) is 2.95. The molecule has 1 heterocycles. The van der Waals surface area contributed by atoms with Crippen molar-refractivity contribution in [2.24, 2.45) is 5.84 Å². The molecule has 0 aliphatic heterocycles. The summed E-state index contributed by atoms with van der Waals surface area (Å²) in [6.45, 7) is 3.73. The van der Waals surface area contributed by atoms with Gasteiger partial charge in [0.1, 0.15) is 17.5 Å². The number of rotatable bonds is 3. The zero-order valence-electron chi connectivity index (χ0n) is 10.7. The first-order chi connectivity index (χ1) is 9.02. The van der Waals surface area contributed by atoms with E-state index in [1.165, 1.54) is 6.07 Å². The van der Waals surface area contributed by atoms with Crippen molar-refractivity contribution < 1.29 is 4.39 Å². The molecule has 4 nitrogen and oxygen atoms in total. The number of hydrazine groups is 1. The number of nitrogens with one attached hydrogen (secondary N) is 1. The number of nitrogen functional groups attached to an aromatic ring is 1. The van der Waals surface area contributed by atoms with Crippen molar-refractivity contribution in [3.63, 3.8) is 0 Å². The number of benzene rings is 1. The summed E-state index contributed by atoms with van der Waals surface area (Å²) < 4.78 is 13.8. The molecule has 0 radical (unpaired) electrons. The Hall–Kier alpha value is -1.72. The van der Waals surface area contributed by atoms with Gasteiger partial charge in [0.05, 0.1) is 5.02 Å². The summed E-state index contributed by atoms with van der Waals surface area (Å²) in [5.74, 6) is 6.01. The minimum atomic E-state index is -0.437. The number of halogens is 2. The first-order valence-corrected chi connectivity index (χ1v) is 6.14. The summed E-state index contributed by atoms with van der Waals surface area (Å²) in [5, 5.41) is 0.0958. The van der Waals surface area contributed by atoms with Crippen LogP contribution >= 0.6 is 11.6 Å². The molecule has 0 saturated heterocycles. The van der Waals surface area contributed by atoms with E-state index < -0.39 is 5.82 Å². The van der Waals surface area contributed by atoms with Crippen molar-refractivity contribution in [1.82, 2.24) is 9.97 Å². The lowest BCUT2D eigenvalue weighted by Gasteiger charge is -2.10. The summed E-state index contributed by atoms with van der Waals surface area (Å²) in [4.78, 5) is 8.59. The van der Waals surface area contributed by atoms with Gasteiger partial charge in [-0.15, -0.1) is 0 Å². The van der Waals surface area contributed by atoms with E-state index in [0.29, 0.717) is 17.2 Å². The molecule has 0 aliphatic carbocycles. The van der Waals surface area contributed by atoms with Gasteiger partial charge in [-0.25, -0.2) is 20.2 Å². The molecule has 2 rings (SSSR count). The zero-order chi connectivity index (χ0) is 14.0. The molecular weight excluding hydrogens is 267 g/mol. The van der Waals surface area contributed by atoms with Gasteiger partial charge >= 0.3 is 0 Å². The Bertz CT molecular complexity index is 616. The van der Waals surface area contributed by atoms with Crippen LogP contribution in [-0.4, -0.2) is 9.97 Å². The largest absolute Gasteiger partial charge is 0.308 e. The molecule has 19 heavy (non-hydrogen) atoms. The number of nitrogens with zero attached hydrogens (tertiary/aromatic N) is 2. The van der Waals surface area contributed by atoms with Crippen molar-refractivity contribution in [2.45, 2.75) is 20.3 Å². The summed E-state index contributed by atoms with van der Waals surface area (Å²) in [6.07, 6.45) is 0.266. The fourth-order valence-corrected chi connectivity index (χ4v) is 1.96. The Morgan fingerprint density at radius 1 is 1.32 bits per heavy atom. The minimum absolute atomic E-state index is 0.0958. The fraction of sp³-hybridized carbons (Fsp3) is 0.231. The Morgan fingerprint density at radius 3 is 2.74 bits per heavy atom. The minimum Gasteiger partial charge on any atom is -0.308 e. The summed E-state index contributed by atoms with van der Waals surface area (Å²) >= 11 is 5.75. The monoisotopic (exact) mass is 280 g/mol. The number of nitrogens with two attached hydrogens (primary N) is 1. The van der Waals surface area contributed by atoms with Crippen LogP contribution in [0, 0.1) is 19.7 Å². The highest BCUT2D eigenvalue weighted by Gasteiger charge is 2.11. The van der Waals surface area contributed by atoms with Crippen LogP contribution in [0.1, 0.15) is 22.6 Å². The van der Waals surface area contributed by atoms with Crippen LogP contribution in [0.5, 0.6) is 0 Å². The number of hydrogen-bond acceptors (Lipinski definition) is 4. The Balaban J connectivity index is 2.38. The van der Waals surface area contributed by atoms with E-state index in [1.807, 2.05) is 13.8 Å². The summed E-state index contributed by atoms with van der Waals surface area (Å²) in [5.41, 5.74) is 4.65. The van der Waals surface area contributed by atoms with Gasteiger partial charge in [0.25, 0.3) is 0 Å². The number of hydrogen-bond donors (Lipinski definition) is 2. The zero-order valence-corrected chi connectivity index (χ0v) is 11.4. The first kappa shape index (κ1) is 13.7. The molecule has 1 aromatic heterocycles. The lowest BCUT2D eigenvalue weighted by Crippen LogP contribution is -2.13. The molecule has 0 unspecified atom stereocenters. The lowest BCUT2D eigenvalue weighted by molar-refractivity contribution is 0.612. The predicted octanol–water partition coefficient (Wildman–Crippen LogP) is 2.76. The van der Waals surface area contributed by atoms with Gasteiger partial charge in [-0.1, -0.05) is 23.7 Å². The maximum atomic E-state index is 13.8. The van der Waals surface area contributed by atoms with Crippen molar-refractivity contribution in [3.8, 4) is 0 Å². The number of aromatic nitrogens is 2. The van der Waals surface area contributed by atoms with E-state index in [2.05, 4.69) is 15.4 Å². The van der Waals surface area contributed by atoms with Gasteiger partial charge in [-0.05, 0) is 25.5 Å². The molecule has 3 N–H and O–H groups in total. The second-order valence-corrected chi connectivity index (χ2v) is 4.64. The van der Waals surface area contributed by atoms with Gasteiger partial charge < -0.3 is 5.43 Å². The van der Waals surface area contributed by atoms with Gasteiger partial charge in [0.15, 0.2) is 0 Å². The third-order valence-corrected chi connectivity index (χ3v) is 3.24. The van der Waals surface area contributed by atoms with E-state index in [0.717, 1.165) is 11.3 Å². The first-order valence-electron chi connectivity index (χ1n) is 5.76. The molecule has 0 aliphatic rings. The molecule has 0 atom stereocenters. The highest BCUT2D eigenvalue weighted by atomic mass is 35.5. The van der Waals surface area contributed by atoms with E-state index in [9.17, 15) is 4.39 Å². The fourth-order valence-electron chi connectivity index (χ4n) is 1.76. The molecular formula is C13H14ClFN4. The Kier molecular flexibility index (Phi) is 3.97. The van der Waals surface area contributed by atoms with Crippen LogP contribution in [0.4, 0.5) is 10.2 Å². The van der Waals surface area contributed by atoms with Crippen molar-refractivity contribution in [3.05, 3.63) is 51.7 Å². The second-order valence-electron chi connectivity index (χ2n) is 4.23. The molecule has 0 amide bonds. The molecule has 6 heteroatoms. The summed E-state index contributed by atoms with van der Waals surface area (Å²) in [6, 6.07) is 4.87. The van der Waals surface area contributed by atoms with Gasteiger partial charge in [0.2, 0.25) is 0 Å². The van der Waals surface area contributed by atoms with Gasteiger partial charge in [-0.3, -0.25) is 0 Å². The van der Waals surface area contributed by atoms with E-state index in [1.54, 1.807) is 12.1 Å². The maximum Gasteiger partial charge on any atom is 0.146 e. The molecule has 2 aromatic rings. The normalized spacial score (nSPS) is 10.6. The van der Waals surface area contributed by atoms with Crippen LogP contribution in [0.3, 0.4) is 0 Å². The molecule has 0 bridgehead atoms.